The van der Waals surface area contributed by atoms with Crippen molar-refractivity contribution in [1.29, 1.82) is 0 Å². The SMILES string of the molecule is CCN(CC)CCCNC(=O)c1cc(C)nc(N)n1. The Morgan fingerprint density at radius 1 is 1.37 bits per heavy atom. The third-order valence-electron chi connectivity index (χ3n) is 2.94. The maximum absolute atomic E-state index is 11.9. The van der Waals surface area contributed by atoms with Gasteiger partial charge in [0.2, 0.25) is 5.95 Å². The predicted octanol–water partition coefficient (Wildman–Crippen LogP) is 0.829. The van der Waals surface area contributed by atoms with Gasteiger partial charge in [0.1, 0.15) is 5.69 Å². The Hall–Kier alpha value is -1.69. The summed E-state index contributed by atoms with van der Waals surface area (Å²) in [5.41, 5.74) is 6.54. The Morgan fingerprint density at radius 2 is 2.05 bits per heavy atom. The molecular weight excluding hydrogens is 242 g/mol. The van der Waals surface area contributed by atoms with E-state index in [-0.39, 0.29) is 11.9 Å². The van der Waals surface area contributed by atoms with Gasteiger partial charge in [-0.25, -0.2) is 9.97 Å². The minimum Gasteiger partial charge on any atom is -0.368 e. The summed E-state index contributed by atoms with van der Waals surface area (Å²) in [6.45, 7) is 9.74. The van der Waals surface area contributed by atoms with E-state index in [9.17, 15) is 4.79 Å². The fourth-order valence-electron chi connectivity index (χ4n) is 1.84. The molecule has 0 saturated heterocycles. The van der Waals surface area contributed by atoms with Crippen LogP contribution in [0, 0.1) is 6.92 Å². The monoisotopic (exact) mass is 265 g/mol. The van der Waals surface area contributed by atoms with Crippen molar-refractivity contribution >= 4 is 11.9 Å². The fourth-order valence-corrected chi connectivity index (χ4v) is 1.84. The number of aromatic nitrogens is 2. The number of hydrogen-bond donors (Lipinski definition) is 2. The minimum atomic E-state index is -0.197. The first-order valence-corrected chi connectivity index (χ1v) is 6.68. The van der Waals surface area contributed by atoms with Gasteiger partial charge in [0.05, 0.1) is 0 Å². The molecule has 106 valence electrons. The van der Waals surface area contributed by atoms with Crippen molar-refractivity contribution in [3.8, 4) is 0 Å². The number of aryl methyl sites for hydroxylation is 1. The van der Waals surface area contributed by atoms with Crippen LogP contribution >= 0.6 is 0 Å². The summed E-state index contributed by atoms with van der Waals surface area (Å²) in [6.07, 6.45) is 0.924. The maximum atomic E-state index is 11.9. The molecule has 1 aromatic heterocycles. The first-order valence-electron chi connectivity index (χ1n) is 6.68. The zero-order valence-corrected chi connectivity index (χ0v) is 11.9. The molecule has 1 aromatic rings. The number of nitrogen functional groups attached to an aromatic ring is 1. The summed E-state index contributed by atoms with van der Waals surface area (Å²) in [7, 11) is 0. The van der Waals surface area contributed by atoms with Crippen molar-refractivity contribution < 1.29 is 4.79 Å². The molecule has 0 radical (unpaired) electrons. The molecule has 0 spiro atoms. The Balaban J connectivity index is 2.39. The second kappa shape index (κ2) is 7.68. The number of nitrogens with two attached hydrogens (primary N) is 1. The van der Waals surface area contributed by atoms with Crippen molar-refractivity contribution in [2.24, 2.45) is 0 Å². The smallest absolute Gasteiger partial charge is 0.270 e. The molecule has 1 amide bonds. The number of nitrogens with zero attached hydrogens (tertiary/aromatic N) is 3. The lowest BCUT2D eigenvalue weighted by atomic mass is 10.3. The second-order valence-corrected chi connectivity index (χ2v) is 4.39. The van der Waals surface area contributed by atoms with Crippen LogP contribution in [0.4, 0.5) is 5.95 Å². The summed E-state index contributed by atoms with van der Waals surface area (Å²) in [5, 5.41) is 2.85. The van der Waals surface area contributed by atoms with Crippen molar-refractivity contribution in [2.75, 3.05) is 31.9 Å². The molecule has 0 unspecified atom stereocenters. The van der Waals surface area contributed by atoms with E-state index >= 15 is 0 Å². The zero-order chi connectivity index (χ0) is 14.3. The molecule has 0 aromatic carbocycles. The lowest BCUT2D eigenvalue weighted by Gasteiger charge is -2.17. The number of hydrogen-bond acceptors (Lipinski definition) is 5. The third-order valence-corrected chi connectivity index (χ3v) is 2.94. The minimum absolute atomic E-state index is 0.133. The van der Waals surface area contributed by atoms with E-state index < -0.39 is 0 Å². The van der Waals surface area contributed by atoms with Crippen LogP contribution in [-0.4, -0.2) is 47.0 Å². The number of rotatable bonds is 7. The highest BCUT2D eigenvalue weighted by molar-refractivity contribution is 5.92. The van der Waals surface area contributed by atoms with E-state index in [1.807, 2.05) is 0 Å². The molecule has 0 aliphatic heterocycles. The van der Waals surface area contributed by atoms with Crippen LogP contribution in [0.5, 0.6) is 0 Å². The standard InChI is InChI=1S/C13H23N5O/c1-4-18(5-2)8-6-7-15-12(19)11-9-10(3)16-13(14)17-11/h9H,4-8H2,1-3H3,(H,15,19)(H2,14,16,17). The summed E-state index contributed by atoms with van der Waals surface area (Å²) < 4.78 is 0. The van der Waals surface area contributed by atoms with Gasteiger partial charge in [-0.3, -0.25) is 4.79 Å². The van der Waals surface area contributed by atoms with E-state index in [0.717, 1.165) is 26.1 Å². The van der Waals surface area contributed by atoms with E-state index in [0.29, 0.717) is 17.9 Å². The quantitative estimate of drug-likeness (QED) is 0.713. The molecule has 0 aliphatic rings. The van der Waals surface area contributed by atoms with Gasteiger partial charge in [0, 0.05) is 12.2 Å². The molecule has 3 N–H and O–H groups in total. The molecule has 0 saturated carbocycles. The van der Waals surface area contributed by atoms with Gasteiger partial charge in [-0.15, -0.1) is 0 Å². The fraction of sp³-hybridized carbons (Fsp3) is 0.615. The molecule has 0 aliphatic carbocycles. The largest absolute Gasteiger partial charge is 0.368 e. The van der Waals surface area contributed by atoms with Gasteiger partial charge >= 0.3 is 0 Å². The van der Waals surface area contributed by atoms with Crippen LogP contribution in [0.1, 0.15) is 36.5 Å². The van der Waals surface area contributed by atoms with Gasteiger partial charge in [-0.2, -0.15) is 0 Å². The zero-order valence-electron chi connectivity index (χ0n) is 11.9. The van der Waals surface area contributed by atoms with Crippen molar-refractivity contribution in [2.45, 2.75) is 27.2 Å². The first kappa shape index (κ1) is 15.4. The van der Waals surface area contributed by atoms with Gasteiger partial charge in [-0.05, 0) is 39.0 Å². The van der Waals surface area contributed by atoms with Crippen LogP contribution in [0.25, 0.3) is 0 Å². The summed E-state index contributed by atoms with van der Waals surface area (Å²) >= 11 is 0. The summed E-state index contributed by atoms with van der Waals surface area (Å²) in [4.78, 5) is 22.0. The van der Waals surface area contributed by atoms with Gasteiger partial charge in [0.15, 0.2) is 0 Å². The average molecular weight is 265 g/mol. The van der Waals surface area contributed by atoms with E-state index in [1.54, 1.807) is 13.0 Å². The lowest BCUT2D eigenvalue weighted by Crippen LogP contribution is -2.30. The van der Waals surface area contributed by atoms with E-state index in [4.69, 9.17) is 5.73 Å². The molecule has 0 bridgehead atoms. The normalized spacial score (nSPS) is 10.7. The van der Waals surface area contributed by atoms with Crippen molar-refractivity contribution in [3.05, 3.63) is 17.5 Å². The Labute approximate surface area is 114 Å². The topological polar surface area (TPSA) is 84.1 Å². The molecular formula is C13H23N5O. The third kappa shape index (κ3) is 5.21. The molecule has 19 heavy (non-hydrogen) atoms. The highest BCUT2D eigenvalue weighted by atomic mass is 16.1. The molecule has 6 heteroatoms. The van der Waals surface area contributed by atoms with Crippen LogP contribution < -0.4 is 11.1 Å². The number of carbonyl (C=O) groups is 1. The lowest BCUT2D eigenvalue weighted by molar-refractivity contribution is 0.0946. The number of amides is 1. The molecule has 6 nitrogen and oxygen atoms in total. The van der Waals surface area contributed by atoms with Crippen LogP contribution in [0.3, 0.4) is 0 Å². The van der Waals surface area contributed by atoms with Gasteiger partial charge in [-0.1, -0.05) is 13.8 Å². The van der Waals surface area contributed by atoms with Crippen LogP contribution in [0.15, 0.2) is 6.07 Å². The average Bonchev–Trinajstić information content (AvgIpc) is 2.37. The van der Waals surface area contributed by atoms with E-state index in [2.05, 4.69) is 34.0 Å². The predicted molar refractivity (Wildman–Crippen MR) is 75.9 cm³/mol. The summed E-state index contributed by atoms with van der Waals surface area (Å²) in [6, 6.07) is 1.64. The Bertz CT molecular complexity index is 397. The molecule has 0 fully saturated rings. The number of carbonyl (C=O) groups excluding carboxylic acids is 1. The maximum Gasteiger partial charge on any atom is 0.270 e. The Kier molecular flexibility index (Phi) is 6.21. The molecule has 0 atom stereocenters. The second-order valence-electron chi connectivity index (χ2n) is 4.39. The Morgan fingerprint density at radius 3 is 2.63 bits per heavy atom. The highest BCUT2D eigenvalue weighted by Gasteiger charge is 2.08. The van der Waals surface area contributed by atoms with E-state index in [1.165, 1.54) is 0 Å². The van der Waals surface area contributed by atoms with Gasteiger partial charge in [0.25, 0.3) is 5.91 Å². The highest BCUT2D eigenvalue weighted by Crippen LogP contribution is 2.01. The van der Waals surface area contributed by atoms with Gasteiger partial charge < -0.3 is 16.0 Å². The summed E-state index contributed by atoms with van der Waals surface area (Å²) in [5.74, 6) is -0.0648. The van der Waals surface area contributed by atoms with Crippen molar-refractivity contribution in [3.63, 3.8) is 0 Å². The number of nitrogens with one attached hydrogen (secondary N) is 1. The first-order chi connectivity index (χ1) is 9.06. The van der Waals surface area contributed by atoms with Crippen molar-refractivity contribution in [1.82, 2.24) is 20.2 Å². The van der Waals surface area contributed by atoms with Crippen LogP contribution in [0.2, 0.25) is 0 Å². The number of anilines is 1. The molecule has 1 rings (SSSR count). The molecule has 1 heterocycles. The van der Waals surface area contributed by atoms with Crippen LogP contribution in [-0.2, 0) is 0 Å².